The molecule has 0 saturated heterocycles. The van der Waals surface area contributed by atoms with Gasteiger partial charge in [-0.2, -0.15) is 15.0 Å². The minimum atomic E-state index is -0.639. The smallest absolute Gasteiger partial charge is 0.282 e. The maximum atomic E-state index is 12.5. The zero-order chi connectivity index (χ0) is 18.7. The van der Waals surface area contributed by atoms with Crippen LogP contribution in [0.2, 0.25) is 0 Å². The monoisotopic (exact) mass is 351 g/mol. The van der Waals surface area contributed by atoms with E-state index in [-0.39, 0.29) is 29.0 Å². The van der Waals surface area contributed by atoms with Gasteiger partial charge in [0.25, 0.3) is 11.6 Å². The molecule has 1 amide bonds. The van der Waals surface area contributed by atoms with Crippen molar-refractivity contribution in [2.24, 2.45) is 0 Å². The third kappa shape index (κ3) is 3.38. The second-order valence-electron chi connectivity index (χ2n) is 5.15. The van der Waals surface area contributed by atoms with E-state index in [1.54, 1.807) is 30.3 Å². The van der Waals surface area contributed by atoms with E-state index >= 15 is 0 Å². The summed E-state index contributed by atoms with van der Waals surface area (Å²) in [6.45, 7) is 0. The van der Waals surface area contributed by atoms with Crippen LogP contribution in [0.15, 0.2) is 48.5 Å². The SMILES string of the molecule is Nc1nc(N)nc(-c2ccccc2NC(=O)c2ccccc2[N+](=O)[O-])n1. The van der Waals surface area contributed by atoms with Gasteiger partial charge in [0, 0.05) is 11.6 Å². The Labute approximate surface area is 147 Å². The fraction of sp³-hybridized carbons (Fsp3) is 0. The van der Waals surface area contributed by atoms with Gasteiger partial charge in [0.2, 0.25) is 11.9 Å². The molecule has 0 aliphatic rings. The van der Waals surface area contributed by atoms with Crippen LogP contribution in [0.1, 0.15) is 10.4 Å². The second kappa shape index (κ2) is 6.81. The van der Waals surface area contributed by atoms with E-state index in [4.69, 9.17) is 11.5 Å². The third-order valence-electron chi connectivity index (χ3n) is 3.43. The molecule has 0 aliphatic heterocycles. The number of carbonyl (C=O) groups is 1. The molecule has 0 unspecified atom stereocenters. The molecule has 3 rings (SSSR count). The molecular formula is C16H13N7O3. The van der Waals surface area contributed by atoms with Crippen LogP contribution in [0.4, 0.5) is 23.3 Å². The van der Waals surface area contributed by atoms with Crippen molar-refractivity contribution in [3.05, 3.63) is 64.2 Å². The van der Waals surface area contributed by atoms with E-state index in [0.717, 1.165) is 0 Å². The molecule has 3 aromatic rings. The van der Waals surface area contributed by atoms with Gasteiger partial charge in [-0.3, -0.25) is 14.9 Å². The number of nitrogens with two attached hydrogens (primary N) is 2. The number of nitro benzene ring substituents is 1. The highest BCUT2D eigenvalue weighted by Crippen LogP contribution is 2.27. The first-order valence-electron chi connectivity index (χ1n) is 7.37. The summed E-state index contributed by atoms with van der Waals surface area (Å²) in [4.78, 5) is 34.7. The fourth-order valence-corrected chi connectivity index (χ4v) is 2.33. The zero-order valence-electron chi connectivity index (χ0n) is 13.3. The number of nitrogens with zero attached hydrogens (tertiary/aromatic N) is 4. The van der Waals surface area contributed by atoms with Gasteiger partial charge >= 0.3 is 0 Å². The quantitative estimate of drug-likeness (QED) is 0.473. The molecule has 0 spiro atoms. The zero-order valence-corrected chi connectivity index (χ0v) is 13.3. The van der Waals surface area contributed by atoms with Gasteiger partial charge in [-0.25, -0.2) is 0 Å². The number of nitrogens with one attached hydrogen (secondary N) is 1. The van der Waals surface area contributed by atoms with Crippen molar-refractivity contribution >= 4 is 29.2 Å². The highest BCUT2D eigenvalue weighted by Gasteiger charge is 2.20. The molecule has 0 atom stereocenters. The molecule has 1 aromatic heterocycles. The minimum Gasteiger partial charge on any atom is -0.368 e. The second-order valence-corrected chi connectivity index (χ2v) is 5.15. The molecular weight excluding hydrogens is 338 g/mol. The number of nitro groups is 1. The predicted octanol–water partition coefficient (Wildman–Crippen LogP) is 1.86. The first-order valence-corrected chi connectivity index (χ1v) is 7.37. The topological polar surface area (TPSA) is 163 Å². The summed E-state index contributed by atoms with van der Waals surface area (Å²) >= 11 is 0. The number of nitrogen functional groups attached to an aromatic ring is 2. The Balaban J connectivity index is 1.99. The molecule has 0 saturated carbocycles. The highest BCUT2D eigenvalue weighted by molar-refractivity contribution is 6.08. The van der Waals surface area contributed by atoms with Crippen molar-refractivity contribution in [2.75, 3.05) is 16.8 Å². The lowest BCUT2D eigenvalue weighted by molar-refractivity contribution is -0.385. The van der Waals surface area contributed by atoms with Gasteiger partial charge in [0.05, 0.1) is 10.6 Å². The molecule has 10 heteroatoms. The van der Waals surface area contributed by atoms with E-state index in [0.29, 0.717) is 11.3 Å². The van der Waals surface area contributed by atoms with E-state index in [2.05, 4.69) is 20.3 Å². The van der Waals surface area contributed by atoms with Crippen molar-refractivity contribution < 1.29 is 9.72 Å². The number of carbonyl (C=O) groups excluding carboxylic acids is 1. The summed E-state index contributed by atoms with van der Waals surface area (Å²) in [5.41, 5.74) is 11.6. The summed E-state index contributed by atoms with van der Waals surface area (Å²) in [5, 5.41) is 13.7. The number of rotatable bonds is 4. The van der Waals surface area contributed by atoms with Crippen LogP contribution in [0.25, 0.3) is 11.4 Å². The van der Waals surface area contributed by atoms with Crippen LogP contribution in [0.5, 0.6) is 0 Å². The van der Waals surface area contributed by atoms with Gasteiger partial charge in [0.1, 0.15) is 5.56 Å². The molecule has 5 N–H and O–H groups in total. The van der Waals surface area contributed by atoms with E-state index in [1.807, 2.05) is 0 Å². The Bertz CT molecular complexity index is 986. The van der Waals surface area contributed by atoms with E-state index in [1.165, 1.54) is 18.2 Å². The number of aromatic nitrogens is 3. The molecule has 1 heterocycles. The number of benzene rings is 2. The van der Waals surface area contributed by atoms with Crippen molar-refractivity contribution in [3.8, 4) is 11.4 Å². The Kier molecular flexibility index (Phi) is 4.39. The van der Waals surface area contributed by atoms with Gasteiger partial charge in [-0.15, -0.1) is 0 Å². The Morgan fingerprint density at radius 3 is 2.27 bits per heavy atom. The summed E-state index contributed by atoms with van der Waals surface area (Å²) in [6.07, 6.45) is 0. The van der Waals surface area contributed by atoms with Crippen molar-refractivity contribution in [3.63, 3.8) is 0 Å². The lowest BCUT2D eigenvalue weighted by Crippen LogP contribution is -2.15. The van der Waals surface area contributed by atoms with Crippen LogP contribution in [0, 0.1) is 10.1 Å². The summed E-state index contributed by atoms with van der Waals surface area (Å²) in [5.74, 6) is -0.590. The average molecular weight is 351 g/mol. The molecule has 2 aromatic carbocycles. The summed E-state index contributed by atoms with van der Waals surface area (Å²) in [7, 11) is 0. The Hall–Kier alpha value is -4.08. The number of amides is 1. The molecule has 0 aliphatic carbocycles. The normalized spacial score (nSPS) is 10.3. The lowest BCUT2D eigenvalue weighted by Gasteiger charge is -2.11. The minimum absolute atomic E-state index is 0.0627. The largest absolute Gasteiger partial charge is 0.368 e. The number of anilines is 3. The number of hydrogen-bond donors (Lipinski definition) is 3. The lowest BCUT2D eigenvalue weighted by atomic mass is 10.1. The summed E-state index contributed by atoms with van der Waals surface area (Å²) in [6, 6.07) is 12.3. The van der Waals surface area contributed by atoms with Gasteiger partial charge < -0.3 is 16.8 Å². The Morgan fingerprint density at radius 2 is 1.58 bits per heavy atom. The fourth-order valence-electron chi connectivity index (χ4n) is 2.33. The van der Waals surface area contributed by atoms with Crippen molar-refractivity contribution in [2.45, 2.75) is 0 Å². The van der Waals surface area contributed by atoms with Crippen LogP contribution >= 0.6 is 0 Å². The number of para-hydroxylation sites is 2. The molecule has 10 nitrogen and oxygen atoms in total. The first-order chi connectivity index (χ1) is 12.5. The maximum absolute atomic E-state index is 12.5. The summed E-state index contributed by atoms with van der Waals surface area (Å²) < 4.78 is 0. The molecule has 0 fully saturated rings. The predicted molar refractivity (Wildman–Crippen MR) is 95.1 cm³/mol. The van der Waals surface area contributed by atoms with E-state index in [9.17, 15) is 14.9 Å². The van der Waals surface area contributed by atoms with Crippen LogP contribution in [-0.2, 0) is 0 Å². The van der Waals surface area contributed by atoms with Crippen molar-refractivity contribution in [1.82, 2.24) is 15.0 Å². The molecule has 0 radical (unpaired) electrons. The standard InChI is InChI=1S/C16H13N7O3/c17-15-20-13(21-16(18)22-15)9-5-1-3-7-11(9)19-14(24)10-6-2-4-8-12(10)23(25)26/h1-8H,(H,19,24)(H4,17,18,20,21,22). The average Bonchev–Trinajstić information content (AvgIpc) is 2.61. The van der Waals surface area contributed by atoms with Gasteiger partial charge in [-0.05, 0) is 18.2 Å². The first kappa shape index (κ1) is 16.8. The van der Waals surface area contributed by atoms with Crippen LogP contribution in [0.3, 0.4) is 0 Å². The molecule has 130 valence electrons. The third-order valence-corrected chi connectivity index (χ3v) is 3.43. The Morgan fingerprint density at radius 1 is 0.962 bits per heavy atom. The van der Waals surface area contributed by atoms with Crippen LogP contribution in [-0.4, -0.2) is 25.8 Å². The molecule has 0 bridgehead atoms. The maximum Gasteiger partial charge on any atom is 0.282 e. The van der Waals surface area contributed by atoms with Gasteiger partial charge in [0.15, 0.2) is 5.82 Å². The highest BCUT2D eigenvalue weighted by atomic mass is 16.6. The van der Waals surface area contributed by atoms with Crippen molar-refractivity contribution in [1.29, 1.82) is 0 Å². The van der Waals surface area contributed by atoms with Gasteiger partial charge in [-0.1, -0.05) is 24.3 Å². The number of hydrogen-bond acceptors (Lipinski definition) is 8. The van der Waals surface area contributed by atoms with Crippen LogP contribution < -0.4 is 16.8 Å². The molecule has 26 heavy (non-hydrogen) atoms. The van der Waals surface area contributed by atoms with E-state index < -0.39 is 10.8 Å².